The zero-order chi connectivity index (χ0) is 10.4. The van der Waals surface area contributed by atoms with Gasteiger partial charge in [-0.2, -0.15) is 0 Å². The molecule has 3 heteroatoms. The van der Waals surface area contributed by atoms with Crippen LogP contribution < -0.4 is 5.73 Å². The molecule has 0 saturated carbocycles. The molecule has 0 heterocycles. The van der Waals surface area contributed by atoms with Crippen LogP contribution in [0.3, 0.4) is 0 Å². The maximum Gasteiger partial charge on any atom is 0.124 e. The SMILES string of the molecule is NCCC#Cc1cc(F)cc(CO)c1. The van der Waals surface area contributed by atoms with Crippen molar-refractivity contribution >= 4 is 0 Å². The highest BCUT2D eigenvalue weighted by Crippen LogP contribution is 2.08. The lowest BCUT2D eigenvalue weighted by Gasteiger charge is -1.97. The maximum atomic E-state index is 12.9. The van der Waals surface area contributed by atoms with Crippen molar-refractivity contribution in [3.8, 4) is 11.8 Å². The van der Waals surface area contributed by atoms with Crippen LogP contribution in [0, 0.1) is 17.7 Å². The highest BCUT2D eigenvalue weighted by Gasteiger charge is 1.97. The fourth-order valence-electron chi connectivity index (χ4n) is 1.05. The van der Waals surface area contributed by atoms with Gasteiger partial charge in [-0.1, -0.05) is 11.8 Å². The Labute approximate surface area is 82.6 Å². The van der Waals surface area contributed by atoms with Gasteiger partial charge in [0.25, 0.3) is 0 Å². The van der Waals surface area contributed by atoms with Gasteiger partial charge in [0.1, 0.15) is 5.82 Å². The second kappa shape index (κ2) is 5.38. The lowest BCUT2D eigenvalue weighted by atomic mass is 10.1. The number of rotatable bonds is 2. The number of hydrogen-bond acceptors (Lipinski definition) is 2. The van der Waals surface area contributed by atoms with E-state index in [1.807, 2.05) is 0 Å². The van der Waals surface area contributed by atoms with Crippen molar-refractivity contribution in [1.82, 2.24) is 0 Å². The summed E-state index contributed by atoms with van der Waals surface area (Å²) < 4.78 is 12.9. The molecule has 1 aromatic rings. The molecule has 0 aliphatic rings. The molecule has 0 amide bonds. The molecule has 2 nitrogen and oxygen atoms in total. The molecule has 0 fully saturated rings. The van der Waals surface area contributed by atoms with Crippen LogP contribution in [0.4, 0.5) is 4.39 Å². The molecule has 0 unspecified atom stereocenters. The second-order valence-corrected chi connectivity index (χ2v) is 2.85. The third kappa shape index (κ3) is 3.17. The average molecular weight is 193 g/mol. The molecule has 74 valence electrons. The van der Waals surface area contributed by atoms with E-state index in [-0.39, 0.29) is 12.4 Å². The summed E-state index contributed by atoms with van der Waals surface area (Å²) in [6.07, 6.45) is 0.588. The van der Waals surface area contributed by atoms with Crippen molar-refractivity contribution in [1.29, 1.82) is 0 Å². The predicted molar refractivity (Wildman–Crippen MR) is 52.9 cm³/mol. The molecule has 0 aromatic heterocycles. The third-order valence-corrected chi connectivity index (χ3v) is 1.64. The van der Waals surface area contributed by atoms with Crippen molar-refractivity contribution in [2.45, 2.75) is 13.0 Å². The van der Waals surface area contributed by atoms with Crippen molar-refractivity contribution < 1.29 is 9.50 Å². The standard InChI is InChI=1S/C11H12FNO/c12-11-6-9(3-1-2-4-13)5-10(7-11)8-14/h5-7,14H,2,4,8,13H2. The molecule has 0 atom stereocenters. The highest BCUT2D eigenvalue weighted by atomic mass is 19.1. The largest absolute Gasteiger partial charge is 0.392 e. The van der Waals surface area contributed by atoms with Crippen molar-refractivity contribution in [3.05, 3.63) is 35.1 Å². The van der Waals surface area contributed by atoms with Crippen molar-refractivity contribution in [2.24, 2.45) is 5.73 Å². The fraction of sp³-hybridized carbons (Fsp3) is 0.273. The van der Waals surface area contributed by atoms with Gasteiger partial charge in [0, 0.05) is 18.5 Å². The van der Waals surface area contributed by atoms with E-state index >= 15 is 0 Å². The maximum absolute atomic E-state index is 12.9. The minimum Gasteiger partial charge on any atom is -0.392 e. The topological polar surface area (TPSA) is 46.2 Å². The summed E-state index contributed by atoms with van der Waals surface area (Å²) in [7, 11) is 0. The van der Waals surface area contributed by atoms with Crippen LogP contribution in [0.15, 0.2) is 18.2 Å². The van der Waals surface area contributed by atoms with Crippen LogP contribution in [0.5, 0.6) is 0 Å². The predicted octanol–water partition coefficient (Wildman–Crippen LogP) is 1.02. The Bertz CT molecular complexity index is 365. The van der Waals surface area contributed by atoms with Crippen LogP contribution in [0.2, 0.25) is 0 Å². The van der Waals surface area contributed by atoms with Crippen molar-refractivity contribution in [3.63, 3.8) is 0 Å². The van der Waals surface area contributed by atoms with Gasteiger partial charge in [-0.3, -0.25) is 0 Å². The second-order valence-electron chi connectivity index (χ2n) is 2.85. The van der Waals surface area contributed by atoms with E-state index in [4.69, 9.17) is 10.8 Å². The van der Waals surface area contributed by atoms with Gasteiger partial charge in [0.2, 0.25) is 0 Å². The summed E-state index contributed by atoms with van der Waals surface area (Å²) in [5, 5.41) is 8.82. The average Bonchev–Trinajstić information content (AvgIpc) is 2.17. The first kappa shape index (κ1) is 10.7. The monoisotopic (exact) mass is 193 g/mol. The van der Waals surface area contributed by atoms with Gasteiger partial charge in [0.15, 0.2) is 0 Å². The van der Waals surface area contributed by atoms with E-state index in [2.05, 4.69) is 11.8 Å². The Morgan fingerprint density at radius 2 is 2.14 bits per heavy atom. The minimum atomic E-state index is -0.381. The number of aliphatic hydroxyl groups is 1. The number of aliphatic hydroxyl groups excluding tert-OH is 1. The lowest BCUT2D eigenvalue weighted by molar-refractivity contribution is 0.281. The van der Waals surface area contributed by atoms with E-state index in [9.17, 15) is 4.39 Å². The highest BCUT2D eigenvalue weighted by molar-refractivity contribution is 5.37. The number of hydrogen-bond donors (Lipinski definition) is 2. The molecule has 14 heavy (non-hydrogen) atoms. The van der Waals surface area contributed by atoms with Gasteiger partial charge >= 0.3 is 0 Å². The third-order valence-electron chi connectivity index (χ3n) is 1.64. The van der Waals surface area contributed by atoms with Crippen LogP contribution in [0.25, 0.3) is 0 Å². The summed E-state index contributed by atoms with van der Waals surface area (Å²) in [6, 6.07) is 4.28. The van der Waals surface area contributed by atoms with Crippen molar-refractivity contribution in [2.75, 3.05) is 6.54 Å². The van der Waals surface area contributed by atoms with E-state index in [1.165, 1.54) is 12.1 Å². The molecule has 0 radical (unpaired) electrons. The van der Waals surface area contributed by atoms with Gasteiger partial charge in [-0.05, 0) is 23.8 Å². The molecular weight excluding hydrogens is 181 g/mol. The van der Waals surface area contributed by atoms with Crippen LogP contribution in [-0.4, -0.2) is 11.7 Å². The Morgan fingerprint density at radius 3 is 2.79 bits per heavy atom. The summed E-state index contributed by atoms with van der Waals surface area (Å²) in [5.74, 6) is 5.21. The molecule has 1 aromatic carbocycles. The number of benzene rings is 1. The zero-order valence-corrected chi connectivity index (χ0v) is 7.76. The first-order valence-electron chi connectivity index (χ1n) is 4.35. The summed E-state index contributed by atoms with van der Waals surface area (Å²) in [6.45, 7) is 0.318. The Hall–Kier alpha value is -1.37. The molecule has 0 aliphatic carbocycles. The molecular formula is C11H12FNO. The van der Waals surface area contributed by atoms with Gasteiger partial charge < -0.3 is 10.8 Å². The molecule has 3 N–H and O–H groups in total. The summed E-state index contributed by atoms with van der Waals surface area (Å²) in [5.41, 5.74) is 6.36. The minimum absolute atomic E-state index is 0.177. The Morgan fingerprint density at radius 1 is 1.36 bits per heavy atom. The van der Waals surface area contributed by atoms with E-state index in [1.54, 1.807) is 6.07 Å². The quantitative estimate of drug-likeness (QED) is 0.689. The Balaban J connectivity index is 2.88. The summed E-state index contributed by atoms with van der Waals surface area (Å²) >= 11 is 0. The molecule has 0 spiro atoms. The van der Waals surface area contributed by atoms with E-state index in [0.717, 1.165) is 0 Å². The molecule has 0 aliphatic heterocycles. The molecule has 0 bridgehead atoms. The molecule has 0 saturated heterocycles. The molecule has 1 rings (SSSR count). The van der Waals surface area contributed by atoms with E-state index < -0.39 is 0 Å². The smallest absolute Gasteiger partial charge is 0.124 e. The first-order valence-corrected chi connectivity index (χ1v) is 4.35. The Kier molecular flexibility index (Phi) is 4.11. The summed E-state index contributed by atoms with van der Waals surface area (Å²) in [4.78, 5) is 0. The van der Waals surface area contributed by atoms with Crippen LogP contribution in [-0.2, 0) is 6.61 Å². The van der Waals surface area contributed by atoms with Gasteiger partial charge in [-0.25, -0.2) is 4.39 Å². The van der Waals surface area contributed by atoms with Crippen LogP contribution in [0.1, 0.15) is 17.5 Å². The number of nitrogens with two attached hydrogens (primary N) is 1. The lowest BCUT2D eigenvalue weighted by Crippen LogP contribution is -1.95. The number of halogens is 1. The zero-order valence-electron chi connectivity index (χ0n) is 7.76. The van der Waals surface area contributed by atoms with E-state index in [0.29, 0.717) is 24.1 Å². The normalized spacial score (nSPS) is 9.36. The van der Waals surface area contributed by atoms with Gasteiger partial charge in [0.05, 0.1) is 6.61 Å². The van der Waals surface area contributed by atoms with Crippen LogP contribution >= 0.6 is 0 Å². The van der Waals surface area contributed by atoms with Gasteiger partial charge in [-0.15, -0.1) is 0 Å². The fourth-order valence-corrected chi connectivity index (χ4v) is 1.05. The first-order chi connectivity index (χ1) is 6.76.